The molecule has 1 aromatic carbocycles. The summed E-state index contributed by atoms with van der Waals surface area (Å²) in [6.07, 6.45) is 0. The van der Waals surface area contributed by atoms with Crippen molar-refractivity contribution >= 4 is 5.91 Å². The van der Waals surface area contributed by atoms with Crippen molar-refractivity contribution in [3.05, 3.63) is 35.9 Å². The van der Waals surface area contributed by atoms with Crippen molar-refractivity contribution in [2.75, 3.05) is 13.1 Å². The van der Waals surface area contributed by atoms with Gasteiger partial charge in [-0.1, -0.05) is 43.9 Å². The van der Waals surface area contributed by atoms with Gasteiger partial charge < -0.3 is 4.90 Å². The molecule has 0 N–H and O–H groups in total. The van der Waals surface area contributed by atoms with Gasteiger partial charge in [0, 0.05) is 18.7 Å². The molecule has 0 aromatic heterocycles. The normalized spacial score (nSPS) is 11.6. The second-order valence-corrected chi connectivity index (χ2v) is 4.87. The Balaban J connectivity index is 2.91. The number of hydrogen-bond donors (Lipinski definition) is 0. The summed E-state index contributed by atoms with van der Waals surface area (Å²) in [6.45, 7) is 9.58. The van der Waals surface area contributed by atoms with E-state index in [9.17, 15) is 4.79 Å². The number of amides is 1. The minimum absolute atomic E-state index is 0.142. The van der Waals surface area contributed by atoms with Crippen LogP contribution in [0.15, 0.2) is 30.3 Å². The number of nitrogens with zero attached hydrogens (tertiary/aromatic N) is 1. The quantitative estimate of drug-likeness (QED) is 0.759. The van der Waals surface area contributed by atoms with Crippen LogP contribution in [-0.4, -0.2) is 23.9 Å². The van der Waals surface area contributed by atoms with E-state index in [0.717, 1.165) is 18.7 Å². The van der Waals surface area contributed by atoms with E-state index in [1.807, 2.05) is 62.9 Å². The summed E-state index contributed by atoms with van der Waals surface area (Å²) in [6, 6.07) is 9.81. The fraction of sp³-hybridized carbons (Fsp3) is 0.471. The lowest BCUT2D eigenvalue weighted by Gasteiger charge is -2.24. The molecule has 0 aliphatic rings. The smallest absolute Gasteiger partial charge is 0.237 e. The van der Waals surface area contributed by atoms with Gasteiger partial charge in [0.25, 0.3) is 0 Å². The topological polar surface area (TPSA) is 20.3 Å². The van der Waals surface area contributed by atoms with Crippen LogP contribution in [-0.2, 0) is 4.79 Å². The van der Waals surface area contributed by atoms with Gasteiger partial charge in [-0.2, -0.15) is 0 Å². The molecule has 19 heavy (non-hydrogen) atoms. The van der Waals surface area contributed by atoms with Crippen molar-refractivity contribution in [2.24, 2.45) is 11.8 Å². The lowest BCUT2D eigenvalue weighted by molar-refractivity contribution is -0.134. The van der Waals surface area contributed by atoms with Crippen molar-refractivity contribution in [3.63, 3.8) is 0 Å². The summed E-state index contributed by atoms with van der Waals surface area (Å²) < 4.78 is 0. The van der Waals surface area contributed by atoms with Crippen LogP contribution in [0.4, 0.5) is 0 Å². The summed E-state index contributed by atoms with van der Waals surface area (Å²) in [7, 11) is 0. The van der Waals surface area contributed by atoms with Crippen LogP contribution >= 0.6 is 0 Å². The maximum absolute atomic E-state index is 12.4. The first-order valence-electron chi connectivity index (χ1n) is 6.95. The molecule has 0 bridgehead atoms. The molecule has 0 saturated carbocycles. The van der Waals surface area contributed by atoms with Crippen LogP contribution in [0.5, 0.6) is 0 Å². The number of hydrogen-bond acceptors (Lipinski definition) is 1. The van der Waals surface area contributed by atoms with Crippen LogP contribution in [0.25, 0.3) is 0 Å². The van der Waals surface area contributed by atoms with Crippen LogP contribution < -0.4 is 0 Å². The molecule has 1 amide bonds. The Kier molecular flexibility index (Phi) is 6.15. The Morgan fingerprint density at radius 2 is 1.74 bits per heavy atom. The minimum Gasteiger partial charge on any atom is -0.342 e. The fourth-order valence-corrected chi connectivity index (χ4v) is 1.93. The standard InChI is InChI=1S/C17H23NO/c1-5-18(6-2)17(19)16(14(3)4)13-12-15-10-8-7-9-11-15/h7-11,14,16H,5-6H2,1-4H3. The lowest BCUT2D eigenvalue weighted by Crippen LogP contribution is -2.37. The molecule has 1 unspecified atom stereocenters. The first-order chi connectivity index (χ1) is 9.10. The van der Waals surface area contributed by atoms with Crippen LogP contribution in [0.2, 0.25) is 0 Å². The van der Waals surface area contributed by atoms with E-state index in [1.54, 1.807) is 0 Å². The summed E-state index contributed by atoms with van der Waals surface area (Å²) in [5, 5.41) is 0. The molecular formula is C17H23NO. The van der Waals surface area contributed by atoms with Gasteiger partial charge in [-0.05, 0) is 31.9 Å². The first-order valence-corrected chi connectivity index (χ1v) is 6.95. The van der Waals surface area contributed by atoms with E-state index in [-0.39, 0.29) is 17.7 Å². The predicted molar refractivity (Wildman–Crippen MR) is 79.6 cm³/mol. The molecule has 0 radical (unpaired) electrons. The van der Waals surface area contributed by atoms with Crippen LogP contribution in [0.3, 0.4) is 0 Å². The zero-order valence-corrected chi connectivity index (χ0v) is 12.3. The summed E-state index contributed by atoms with van der Waals surface area (Å²) in [4.78, 5) is 14.2. The van der Waals surface area contributed by atoms with Crippen molar-refractivity contribution < 1.29 is 4.79 Å². The van der Waals surface area contributed by atoms with E-state index in [2.05, 4.69) is 11.8 Å². The Hall–Kier alpha value is -1.75. The number of carbonyl (C=O) groups excluding carboxylic acids is 1. The Morgan fingerprint density at radius 1 is 1.16 bits per heavy atom. The molecule has 0 spiro atoms. The molecule has 0 heterocycles. The van der Waals surface area contributed by atoms with E-state index >= 15 is 0 Å². The van der Waals surface area contributed by atoms with Gasteiger partial charge in [-0.25, -0.2) is 0 Å². The first kappa shape index (κ1) is 15.3. The molecule has 1 rings (SSSR count). The van der Waals surface area contributed by atoms with E-state index in [0.29, 0.717) is 0 Å². The van der Waals surface area contributed by atoms with Gasteiger partial charge in [-0.15, -0.1) is 0 Å². The van der Waals surface area contributed by atoms with Gasteiger partial charge in [-0.3, -0.25) is 4.79 Å². The van der Waals surface area contributed by atoms with E-state index < -0.39 is 0 Å². The summed E-state index contributed by atoms with van der Waals surface area (Å²) >= 11 is 0. The highest BCUT2D eigenvalue weighted by molar-refractivity contribution is 5.82. The van der Waals surface area contributed by atoms with Gasteiger partial charge >= 0.3 is 0 Å². The zero-order valence-electron chi connectivity index (χ0n) is 12.3. The summed E-state index contributed by atoms with van der Waals surface area (Å²) in [5.41, 5.74) is 0.959. The third kappa shape index (κ3) is 4.44. The second-order valence-electron chi connectivity index (χ2n) is 4.87. The third-order valence-corrected chi connectivity index (χ3v) is 3.15. The zero-order chi connectivity index (χ0) is 14.3. The number of rotatable bonds is 4. The van der Waals surface area contributed by atoms with Gasteiger partial charge in [0.2, 0.25) is 5.91 Å². The van der Waals surface area contributed by atoms with E-state index in [1.165, 1.54) is 0 Å². The number of benzene rings is 1. The molecular weight excluding hydrogens is 234 g/mol. The molecule has 1 aromatic rings. The van der Waals surface area contributed by atoms with Crippen molar-refractivity contribution in [3.8, 4) is 11.8 Å². The van der Waals surface area contributed by atoms with Crippen molar-refractivity contribution in [1.82, 2.24) is 4.90 Å². The maximum Gasteiger partial charge on any atom is 0.237 e. The monoisotopic (exact) mass is 257 g/mol. The molecule has 2 nitrogen and oxygen atoms in total. The van der Waals surface area contributed by atoms with Crippen molar-refractivity contribution in [2.45, 2.75) is 27.7 Å². The highest BCUT2D eigenvalue weighted by Gasteiger charge is 2.23. The Labute approximate surface area is 116 Å². The van der Waals surface area contributed by atoms with Crippen LogP contribution in [0, 0.1) is 23.7 Å². The summed E-state index contributed by atoms with van der Waals surface area (Å²) in [5.74, 6) is 6.40. The fourth-order valence-electron chi connectivity index (χ4n) is 1.93. The van der Waals surface area contributed by atoms with Crippen LogP contribution in [0.1, 0.15) is 33.3 Å². The molecule has 0 aliphatic carbocycles. The molecule has 0 fully saturated rings. The predicted octanol–water partition coefficient (Wildman–Crippen LogP) is 3.18. The molecule has 1 atom stereocenters. The molecule has 0 aliphatic heterocycles. The third-order valence-electron chi connectivity index (χ3n) is 3.15. The highest BCUT2D eigenvalue weighted by atomic mass is 16.2. The molecule has 102 valence electrons. The minimum atomic E-state index is -0.222. The second kappa shape index (κ2) is 7.63. The highest BCUT2D eigenvalue weighted by Crippen LogP contribution is 2.14. The SMILES string of the molecule is CCN(CC)C(=O)C(C#Cc1ccccc1)C(C)C. The van der Waals surface area contributed by atoms with Crippen molar-refractivity contribution in [1.29, 1.82) is 0 Å². The molecule has 2 heteroatoms. The molecule has 0 saturated heterocycles. The van der Waals surface area contributed by atoms with Gasteiger partial charge in [0.15, 0.2) is 0 Å². The number of carbonyl (C=O) groups is 1. The maximum atomic E-state index is 12.4. The Bertz CT molecular complexity index is 449. The average Bonchev–Trinajstić information content (AvgIpc) is 2.41. The largest absolute Gasteiger partial charge is 0.342 e. The lowest BCUT2D eigenvalue weighted by atomic mass is 9.94. The van der Waals surface area contributed by atoms with Gasteiger partial charge in [0.05, 0.1) is 0 Å². The van der Waals surface area contributed by atoms with Gasteiger partial charge in [0.1, 0.15) is 5.92 Å². The Morgan fingerprint density at radius 3 is 2.21 bits per heavy atom. The average molecular weight is 257 g/mol. The van der Waals surface area contributed by atoms with E-state index in [4.69, 9.17) is 0 Å².